The molecule has 0 saturated carbocycles. The summed E-state index contributed by atoms with van der Waals surface area (Å²) in [5, 5.41) is 20.1. The van der Waals surface area contributed by atoms with E-state index in [1.807, 2.05) is 11.8 Å². The van der Waals surface area contributed by atoms with E-state index in [4.69, 9.17) is 4.74 Å². The molecule has 3 heterocycles. The lowest BCUT2D eigenvalue weighted by molar-refractivity contribution is 0.122. The molecule has 84 valence electrons. The van der Waals surface area contributed by atoms with Gasteiger partial charge in [0, 0.05) is 13.1 Å². The number of nitrogens with zero attached hydrogens (tertiary/aromatic N) is 7. The lowest BCUT2D eigenvalue weighted by Gasteiger charge is -2.25. The number of fused-ring (bicyclic) bond motifs is 1. The molecule has 1 aliphatic rings. The SMILES string of the molecule is Cc1nnc2nnc(N3CCOCC3)nn12. The third kappa shape index (κ3) is 1.47. The first kappa shape index (κ1) is 9.40. The number of anilines is 1. The second-order valence-corrected chi connectivity index (χ2v) is 3.56. The van der Waals surface area contributed by atoms with Crippen LogP contribution in [0.1, 0.15) is 5.82 Å². The fourth-order valence-electron chi connectivity index (χ4n) is 1.61. The molecule has 2 aromatic rings. The van der Waals surface area contributed by atoms with Crippen LogP contribution in [0.15, 0.2) is 0 Å². The van der Waals surface area contributed by atoms with Gasteiger partial charge in [-0.15, -0.1) is 25.5 Å². The number of hydrogen-bond acceptors (Lipinski definition) is 7. The molecule has 0 radical (unpaired) electrons. The summed E-state index contributed by atoms with van der Waals surface area (Å²) >= 11 is 0. The third-order valence-corrected chi connectivity index (χ3v) is 2.49. The van der Waals surface area contributed by atoms with Gasteiger partial charge < -0.3 is 9.64 Å². The highest BCUT2D eigenvalue weighted by Crippen LogP contribution is 2.08. The predicted molar refractivity (Wildman–Crippen MR) is 54.1 cm³/mol. The van der Waals surface area contributed by atoms with Crippen LogP contribution in [0.25, 0.3) is 5.78 Å². The third-order valence-electron chi connectivity index (χ3n) is 2.49. The van der Waals surface area contributed by atoms with Crippen LogP contribution in [0.4, 0.5) is 5.95 Å². The first-order chi connectivity index (χ1) is 7.84. The topological polar surface area (TPSA) is 81.3 Å². The fourth-order valence-corrected chi connectivity index (χ4v) is 1.61. The molecule has 0 bridgehead atoms. The molecule has 0 atom stereocenters. The van der Waals surface area contributed by atoms with Gasteiger partial charge in [-0.1, -0.05) is 0 Å². The Labute approximate surface area is 91.2 Å². The maximum absolute atomic E-state index is 5.27. The minimum atomic E-state index is 0.425. The zero-order valence-corrected chi connectivity index (χ0v) is 8.87. The highest BCUT2D eigenvalue weighted by atomic mass is 16.5. The van der Waals surface area contributed by atoms with E-state index in [2.05, 4.69) is 25.5 Å². The Kier molecular flexibility index (Phi) is 2.13. The first-order valence-electron chi connectivity index (χ1n) is 5.10. The molecule has 3 rings (SSSR count). The van der Waals surface area contributed by atoms with E-state index in [-0.39, 0.29) is 0 Å². The largest absolute Gasteiger partial charge is 0.378 e. The maximum Gasteiger partial charge on any atom is 0.290 e. The zero-order valence-electron chi connectivity index (χ0n) is 8.87. The van der Waals surface area contributed by atoms with Crippen LogP contribution in [0.2, 0.25) is 0 Å². The number of rotatable bonds is 1. The van der Waals surface area contributed by atoms with Gasteiger partial charge in [-0.2, -0.15) is 4.52 Å². The Balaban J connectivity index is 1.99. The van der Waals surface area contributed by atoms with Crippen LogP contribution in [0.3, 0.4) is 0 Å². The molecule has 0 aliphatic carbocycles. The summed E-state index contributed by atoms with van der Waals surface area (Å²) in [7, 11) is 0. The zero-order chi connectivity index (χ0) is 11.0. The van der Waals surface area contributed by atoms with E-state index >= 15 is 0 Å². The van der Waals surface area contributed by atoms with Crippen LogP contribution < -0.4 is 4.90 Å². The van der Waals surface area contributed by atoms with E-state index in [1.54, 1.807) is 4.52 Å². The Bertz CT molecular complexity index is 504. The van der Waals surface area contributed by atoms with Crippen LogP contribution >= 0.6 is 0 Å². The summed E-state index contributed by atoms with van der Waals surface area (Å²) in [5.74, 6) is 1.73. The number of morpholine rings is 1. The summed E-state index contributed by atoms with van der Waals surface area (Å²) in [6.07, 6.45) is 0. The van der Waals surface area contributed by atoms with Gasteiger partial charge in [0.15, 0.2) is 5.82 Å². The molecule has 1 fully saturated rings. The summed E-state index contributed by atoms with van der Waals surface area (Å²) in [6, 6.07) is 0. The molecule has 0 unspecified atom stereocenters. The first-order valence-corrected chi connectivity index (χ1v) is 5.10. The van der Waals surface area contributed by atoms with E-state index in [0.29, 0.717) is 30.8 Å². The van der Waals surface area contributed by atoms with Crippen molar-refractivity contribution in [2.45, 2.75) is 6.92 Å². The Morgan fingerprint density at radius 2 is 1.81 bits per heavy atom. The van der Waals surface area contributed by atoms with Gasteiger partial charge in [0.1, 0.15) is 0 Å². The summed E-state index contributed by atoms with van der Waals surface area (Å²) in [6.45, 7) is 4.80. The Morgan fingerprint density at radius 1 is 1.06 bits per heavy atom. The molecule has 0 spiro atoms. The second-order valence-electron chi connectivity index (χ2n) is 3.56. The average molecular weight is 221 g/mol. The van der Waals surface area contributed by atoms with Gasteiger partial charge >= 0.3 is 0 Å². The normalized spacial score (nSPS) is 16.9. The van der Waals surface area contributed by atoms with E-state index in [9.17, 15) is 0 Å². The van der Waals surface area contributed by atoms with Crippen molar-refractivity contribution in [1.82, 2.24) is 30.0 Å². The van der Waals surface area contributed by atoms with Crippen molar-refractivity contribution in [3.8, 4) is 0 Å². The fraction of sp³-hybridized carbons (Fsp3) is 0.625. The number of aryl methyl sites for hydroxylation is 1. The molecule has 8 heteroatoms. The number of aromatic nitrogens is 6. The smallest absolute Gasteiger partial charge is 0.290 e. The minimum Gasteiger partial charge on any atom is -0.378 e. The van der Waals surface area contributed by atoms with Crippen LogP contribution in [0, 0.1) is 6.92 Å². The second kappa shape index (κ2) is 3.63. The molecule has 0 N–H and O–H groups in total. The van der Waals surface area contributed by atoms with E-state index in [0.717, 1.165) is 13.1 Å². The molecular formula is C8H11N7O. The average Bonchev–Trinajstić information content (AvgIpc) is 2.72. The van der Waals surface area contributed by atoms with E-state index < -0.39 is 0 Å². The van der Waals surface area contributed by atoms with Crippen molar-refractivity contribution in [1.29, 1.82) is 0 Å². The lowest BCUT2D eigenvalue weighted by Crippen LogP contribution is -2.37. The van der Waals surface area contributed by atoms with Gasteiger partial charge in [0.05, 0.1) is 13.2 Å². The molecule has 16 heavy (non-hydrogen) atoms. The van der Waals surface area contributed by atoms with Crippen molar-refractivity contribution < 1.29 is 4.74 Å². The number of hydrogen-bond donors (Lipinski definition) is 0. The number of ether oxygens (including phenoxy) is 1. The molecule has 1 saturated heterocycles. The van der Waals surface area contributed by atoms with Gasteiger partial charge in [-0.25, -0.2) is 0 Å². The lowest BCUT2D eigenvalue weighted by atomic mass is 10.4. The van der Waals surface area contributed by atoms with Gasteiger partial charge in [0.25, 0.3) is 11.7 Å². The van der Waals surface area contributed by atoms with Gasteiger partial charge in [0.2, 0.25) is 0 Å². The predicted octanol–water partition coefficient (Wildman–Crippen LogP) is -0.941. The summed E-state index contributed by atoms with van der Waals surface area (Å²) in [4.78, 5) is 2.04. The Morgan fingerprint density at radius 3 is 2.62 bits per heavy atom. The van der Waals surface area contributed by atoms with Crippen molar-refractivity contribution in [2.24, 2.45) is 0 Å². The minimum absolute atomic E-state index is 0.425. The monoisotopic (exact) mass is 221 g/mol. The molecule has 8 nitrogen and oxygen atoms in total. The van der Waals surface area contributed by atoms with E-state index in [1.165, 1.54) is 0 Å². The highest BCUT2D eigenvalue weighted by Gasteiger charge is 2.15. The summed E-state index contributed by atoms with van der Waals surface area (Å²) in [5.41, 5.74) is 0. The van der Waals surface area contributed by atoms with Crippen molar-refractivity contribution in [2.75, 3.05) is 31.2 Å². The van der Waals surface area contributed by atoms with Crippen LogP contribution in [-0.2, 0) is 4.74 Å². The molecule has 2 aromatic heterocycles. The molecular weight excluding hydrogens is 210 g/mol. The molecule has 1 aliphatic heterocycles. The van der Waals surface area contributed by atoms with Crippen molar-refractivity contribution >= 4 is 11.7 Å². The van der Waals surface area contributed by atoms with Gasteiger partial charge in [-0.3, -0.25) is 0 Å². The van der Waals surface area contributed by atoms with Crippen molar-refractivity contribution in [3.05, 3.63) is 5.82 Å². The van der Waals surface area contributed by atoms with Crippen LogP contribution in [-0.4, -0.2) is 56.3 Å². The molecule has 0 amide bonds. The maximum atomic E-state index is 5.27. The summed E-state index contributed by atoms with van der Waals surface area (Å²) < 4.78 is 6.86. The quantitative estimate of drug-likeness (QED) is 0.614. The standard InChI is InChI=1S/C8H11N7O/c1-6-9-10-7-11-12-8(13-15(6)7)14-2-4-16-5-3-14/h2-5H2,1H3. The molecule has 0 aromatic carbocycles. The van der Waals surface area contributed by atoms with Crippen molar-refractivity contribution in [3.63, 3.8) is 0 Å². The Hall–Kier alpha value is -1.83. The van der Waals surface area contributed by atoms with Crippen LogP contribution in [0.5, 0.6) is 0 Å². The highest BCUT2D eigenvalue weighted by molar-refractivity contribution is 5.31. The van der Waals surface area contributed by atoms with Gasteiger partial charge in [-0.05, 0) is 6.92 Å².